The first-order valence-electron chi connectivity index (χ1n) is 6.99. The van der Waals surface area contributed by atoms with Crippen LogP contribution in [0.2, 0.25) is 0 Å². The minimum absolute atomic E-state index is 0.0342. The summed E-state index contributed by atoms with van der Waals surface area (Å²) in [7, 11) is 0. The predicted molar refractivity (Wildman–Crippen MR) is 74.0 cm³/mol. The predicted octanol–water partition coefficient (Wildman–Crippen LogP) is -1.60. The molecule has 1 saturated heterocycles. The van der Waals surface area contributed by atoms with E-state index >= 15 is 0 Å². The van der Waals surface area contributed by atoms with Crippen molar-refractivity contribution in [2.45, 2.75) is 39.0 Å². The molecule has 2 atom stereocenters. The van der Waals surface area contributed by atoms with Gasteiger partial charge in [0.1, 0.15) is 0 Å². The number of likely N-dealkylation sites (tertiary alicyclic amines) is 1. The Morgan fingerprint density at radius 2 is 1.85 bits per heavy atom. The number of rotatable bonds is 6. The molecule has 0 spiro atoms. The Balaban J connectivity index is 2.45. The van der Waals surface area contributed by atoms with Crippen molar-refractivity contribution in [3.8, 4) is 0 Å². The molecular formula is C13H25N3O4. The number of nitrogens with one attached hydrogen (secondary N) is 1. The van der Waals surface area contributed by atoms with Gasteiger partial charge < -0.3 is 20.4 Å². The second kappa shape index (κ2) is 7.56. The number of aliphatic hydroxyl groups excluding tert-OH is 2. The van der Waals surface area contributed by atoms with Crippen LogP contribution in [0.15, 0.2) is 0 Å². The van der Waals surface area contributed by atoms with Crippen molar-refractivity contribution in [3.63, 3.8) is 0 Å². The van der Waals surface area contributed by atoms with E-state index in [2.05, 4.69) is 5.32 Å². The molecule has 0 saturated carbocycles. The lowest BCUT2D eigenvalue weighted by molar-refractivity contribution is -0.136. The Morgan fingerprint density at radius 3 is 2.30 bits per heavy atom. The third kappa shape index (κ3) is 5.07. The standard InChI is InChI=1S/C13H25N3O4/c1-4-16(7-12(19)14-9(2)3)13(20)8-15-5-10(17)11(18)6-15/h9-11,17-18H,4-8H2,1-3H3,(H,14,19). The lowest BCUT2D eigenvalue weighted by Crippen LogP contribution is -2.46. The highest BCUT2D eigenvalue weighted by Crippen LogP contribution is 2.09. The van der Waals surface area contributed by atoms with Crippen LogP contribution in [0, 0.1) is 0 Å². The molecule has 2 unspecified atom stereocenters. The van der Waals surface area contributed by atoms with Crippen LogP contribution in [0.3, 0.4) is 0 Å². The van der Waals surface area contributed by atoms with E-state index in [4.69, 9.17) is 0 Å². The monoisotopic (exact) mass is 287 g/mol. The largest absolute Gasteiger partial charge is 0.389 e. The van der Waals surface area contributed by atoms with Crippen molar-refractivity contribution in [2.75, 3.05) is 32.7 Å². The van der Waals surface area contributed by atoms with E-state index in [0.717, 1.165) is 0 Å². The lowest BCUT2D eigenvalue weighted by Gasteiger charge is -2.24. The summed E-state index contributed by atoms with van der Waals surface area (Å²) in [4.78, 5) is 26.9. The van der Waals surface area contributed by atoms with E-state index in [0.29, 0.717) is 6.54 Å². The van der Waals surface area contributed by atoms with Crippen molar-refractivity contribution in [3.05, 3.63) is 0 Å². The van der Waals surface area contributed by atoms with Gasteiger partial charge in [-0.2, -0.15) is 0 Å². The molecule has 7 heteroatoms. The summed E-state index contributed by atoms with van der Waals surface area (Å²) in [6.45, 7) is 6.69. The Hall–Kier alpha value is -1.18. The summed E-state index contributed by atoms with van der Waals surface area (Å²) in [6, 6.07) is 0.0418. The number of hydrogen-bond donors (Lipinski definition) is 3. The molecule has 1 heterocycles. The smallest absolute Gasteiger partial charge is 0.239 e. The second-order valence-electron chi connectivity index (χ2n) is 5.46. The van der Waals surface area contributed by atoms with Crippen molar-refractivity contribution in [1.82, 2.24) is 15.1 Å². The molecular weight excluding hydrogens is 262 g/mol. The zero-order valence-corrected chi connectivity index (χ0v) is 12.4. The van der Waals surface area contributed by atoms with Crippen LogP contribution in [0.1, 0.15) is 20.8 Å². The fourth-order valence-electron chi connectivity index (χ4n) is 2.18. The van der Waals surface area contributed by atoms with Gasteiger partial charge in [0, 0.05) is 25.7 Å². The van der Waals surface area contributed by atoms with E-state index in [9.17, 15) is 19.8 Å². The summed E-state index contributed by atoms with van der Waals surface area (Å²) in [6.07, 6.45) is -1.61. The van der Waals surface area contributed by atoms with Crippen LogP contribution < -0.4 is 5.32 Å². The van der Waals surface area contributed by atoms with Crippen molar-refractivity contribution < 1.29 is 19.8 Å². The van der Waals surface area contributed by atoms with Crippen LogP contribution >= 0.6 is 0 Å². The van der Waals surface area contributed by atoms with Gasteiger partial charge in [-0.15, -0.1) is 0 Å². The molecule has 0 aromatic carbocycles. The average Bonchev–Trinajstić information content (AvgIpc) is 2.64. The van der Waals surface area contributed by atoms with Gasteiger partial charge in [-0.25, -0.2) is 0 Å². The highest BCUT2D eigenvalue weighted by molar-refractivity contribution is 5.85. The summed E-state index contributed by atoms with van der Waals surface area (Å²) in [5, 5.41) is 21.6. The third-order valence-corrected chi connectivity index (χ3v) is 3.21. The van der Waals surface area contributed by atoms with Gasteiger partial charge >= 0.3 is 0 Å². The molecule has 1 fully saturated rings. The van der Waals surface area contributed by atoms with Crippen molar-refractivity contribution in [2.24, 2.45) is 0 Å². The van der Waals surface area contributed by atoms with Gasteiger partial charge in [-0.3, -0.25) is 14.5 Å². The quantitative estimate of drug-likeness (QED) is 0.547. The number of likely N-dealkylation sites (N-methyl/N-ethyl adjacent to an activating group) is 1. The normalized spacial score (nSPS) is 23.1. The zero-order valence-electron chi connectivity index (χ0n) is 12.4. The average molecular weight is 287 g/mol. The number of hydrogen-bond acceptors (Lipinski definition) is 5. The Kier molecular flexibility index (Phi) is 6.38. The molecule has 0 aromatic heterocycles. The maximum absolute atomic E-state index is 12.1. The summed E-state index contributed by atoms with van der Waals surface area (Å²) < 4.78 is 0. The first-order chi connectivity index (χ1) is 9.33. The maximum Gasteiger partial charge on any atom is 0.239 e. The lowest BCUT2D eigenvalue weighted by atomic mass is 10.3. The van der Waals surface area contributed by atoms with Crippen LogP contribution in [0.5, 0.6) is 0 Å². The minimum Gasteiger partial charge on any atom is -0.389 e. The molecule has 2 amide bonds. The second-order valence-corrected chi connectivity index (χ2v) is 5.46. The molecule has 7 nitrogen and oxygen atoms in total. The summed E-state index contributed by atoms with van der Waals surface area (Å²) >= 11 is 0. The van der Waals surface area contributed by atoms with Crippen LogP contribution in [0.25, 0.3) is 0 Å². The van der Waals surface area contributed by atoms with Crippen molar-refractivity contribution in [1.29, 1.82) is 0 Å². The molecule has 0 aliphatic carbocycles. The molecule has 1 aliphatic heterocycles. The van der Waals surface area contributed by atoms with Gasteiger partial charge in [-0.1, -0.05) is 0 Å². The van der Waals surface area contributed by atoms with E-state index in [-0.39, 0.29) is 44.0 Å². The molecule has 0 bridgehead atoms. The third-order valence-electron chi connectivity index (χ3n) is 3.21. The van der Waals surface area contributed by atoms with E-state index in [1.807, 2.05) is 20.8 Å². The molecule has 20 heavy (non-hydrogen) atoms. The topological polar surface area (TPSA) is 93.1 Å². The number of amides is 2. The summed E-state index contributed by atoms with van der Waals surface area (Å²) in [5.41, 5.74) is 0. The van der Waals surface area contributed by atoms with Crippen LogP contribution in [-0.4, -0.2) is 82.8 Å². The fourth-order valence-corrected chi connectivity index (χ4v) is 2.18. The molecule has 1 rings (SSSR count). The van der Waals surface area contributed by atoms with Gasteiger partial charge in [-0.05, 0) is 20.8 Å². The number of carbonyl (C=O) groups is 2. The SMILES string of the molecule is CCN(CC(=O)NC(C)C)C(=O)CN1CC(O)C(O)C1. The maximum atomic E-state index is 12.1. The first kappa shape index (κ1) is 16.9. The molecule has 0 radical (unpaired) electrons. The Morgan fingerprint density at radius 1 is 1.30 bits per heavy atom. The van der Waals surface area contributed by atoms with E-state index < -0.39 is 12.2 Å². The van der Waals surface area contributed by atoms with Gasteiger partial charge in [0.05, 0.1) is 25.3 Å². The Bertz CT molecular complexity index is 339. The fraction of sp³-hybridized carbons (Fsp3) is 0.846. The molecule has 116 valence electrons. The molecule has 3 N–H and O–H groups in total. The van der Waals surface area contributed by atoms with Gasteiger partial charge in [0.25, 0.3) is 0 Å². The van der Waals surface area contributed by atoms with Gasteiger partial charge in [0.15, 0.2) is 0 Å². The molecule has 1 aliphatic rings. The highest BCUT2D eigenvalue weighted by Gasteiger charge is 2.31. The van der Waals surface area contributed by atoms with Crippen molar-refractivity contribution >= 4 is 11.8 Å². The number of β-amino-alcohol motifs (C(OH)–C–C–N with tert-alkyl or cyclic N) is 2. The molecule has 0 aromatic rings. The number of nitrogens with zero attached hydrogens (tertiary/aromatic N) is 2. The van der Waals surface area contributed by atoms with Gasteiger partial charge in [0.2, 0.25) is 11.8 Å². The first-order valence-corrected chi connectivity index (χ1v) is 6.99. The van der Waals surface area contributed by atoms with E-state index in [1.54, 1.807) is 4.90 Å². The zero-order chi connectivity index (χ0) is 15.3. The van der Waals surface area contributed by atoms with Crippen LogP contribution in [-0.2, 0) is 9.59 Å². The number of carbonyl (C=O) groups excluding carboxylic acids is 2. The Labute approximate surface area is 119 Å². The number of aliphatic hydroxyl groups is 2. The van der Waals surface area contributed by atoms with Crippen LogP contribution in [0.4, 0.5) is 0 Å². The summed E-state index contributed by atoms with van der Waals surface area (Å²) in [5.74, 6) is -0.357. The minimum atomic E-state index is -0.804. The highest BCUT2D eigenvalue weighted by atomic mass is 16.3. The van der Waals surface area contributed by atoms with E-state index in [1.165, 1.54) is 4.90 Å².